The summed E-state index contributed by atoms with van der Waals surface area (Å²) in [6, 6.07) is 0. The maximum atomic E-state index is 9.73. The van der Waals surface area contributed by atoms with Gasteiger partial charge in [0.05, 0.1) is 9.79 Å². The molecule has 0 aromatic heterocycles. The van der Waals surface area contributed by atoms with Crippen molar-refractivity contribution in [2.24, 2.45) is 4.99 Å². The van der Waals surface area contributed by atoms with Crippen molar-refractivity contribution in [3.63, 3.8) is 0 Å². The Bertz CT molecular complexity index is 152. The average molecular weight is 207 g/mol. The standard InChI is InChI=1S/C6H9NOS3/c8-4-7-5-11-6-9-2-1-3-10-6/h6H,1-3,5H2. The third-order valence-corrected chi connectivity index (χ3v) is 5.73. The minimum atomic E-state index is 0.564. The lowest BCUT2D eigenvalue weighted by Gasteiger charge is -2.18. The zero-order valence-electron chi connectivity index (χ0n) is 5.99. The first kappa shape index (κ1) is 9.52. The van der Waals surface area contributed by atoms with Gasteiger partial charge in [-0.2, -0.15) is 4.99 Å². The molecule has 0 radical (unpaired) electrons. The van der Waals surface area contributed by atoms with Crippen LogP contribution in [0.2, 0.25) is 0 Å². The van der Waals surface area contributed by atoms with Gasteiger partial charge in [0.1, 0.15) is 0 Å². The van der Waals surface area contributed by atoms with Gasteiger partial charge in [-0.1, -0.05) is 0 Å². The van der Waals surface area contributed by atoms with E-state index in [1.165, 1.54) is 17.9 Å². The van der Waals surface area contributed by atoms with E-state index in [-0.39, 0.29) is 0 Å². The molecule has 0 atom stereocenters. The highest BCUT2D eigenvalue weighted by molar-refractivity contribution is 8.32. The summed E-state index contributed by atoms with van der Waals surface area (Å²) in [7, 11) is 0. The van der Waals surface area contributed by atoms with Crippen LogP contribution in [-0.2, 0) is 4.79 Å². The molecule has 62 valence electrons. The predicted octanol–water partition coefficient (Wildman–Crippen LogP) is 2.17. The Labute approximate surface area is 79.0 Å². The van der Waals surface area contributed by atoms with Crippen LogP contribution in [0.25, 0.3) is 0 Å². The molecule has 0 unspecified atom stereocenters. The molecule has 0 aromatic carbocycles. The summed E-state index contributed by atoms with van der Waals surface area (Å²) in [6.07, 6.45) is 2.85. The first-order valence-corrected chi connectivity index (χ1v) is 6.46. The van der Waals surface area contributed by atoms with Crippen LogP contribution in [0.15, 0.2) is 4.99 Å². The van der Waals surface area contributed by atoms with E-state index < -0.39 is 0 Å². The third kappa shape index (κ3) is 4.11. The van der Waals surface area contributed by atoms with Gasteiger partial charge in [-0.25, -0.2) is 4.79 Å². The quantitative estimate of drug-likeness (QED) is 0.524. The first-order chi connectivity index (χ1) is 5.43. The minimum Gasteiger partial charge on any atom is -0.211 e. The Hall–Kier alpha value is 0.430. The van der Waals surface area contributed by atoms with Gasteiger partial charge in [0.15, 0.2) is 0 Å². The van der Waals surface area contributed by atoms with Crippen LogP contribution in [0.5, 0.6) is 0 Å². The summed E-state index contributed by atoms with van der Waals surface area (Å²) >= 11 is 5.62. The van der Waals surface area contributed by atoms with Crippen molar-refractivity contribution in [1.29, 1.82) is 0 Å². The zero-order valence-corrected chi connectivity index (χ0v) is 8.44. The van der Waals surface area contributed by atoms with Gasteiger partial charge in [0.25, 0.3) is 0 Å². The smallest absolute Gasteiger partial charge is 0.211 e. The second-order valence-electron chi connectivity index (χ2n) is 1.93. The van der Waals surface area contributed by atoms with Gasteiger partial charge in [-0.05, 0) is 17.9 Å². The molecule has 1 fully saturated rings. The Kier molecular flexibility index (Phi) is 5.19. The normalized spacial score (nSPS) is 19.3. The molecule has 1 saturated heterocycles. The molecule has 1 heterocycles. The van der Waals surface area contributed by atoms with E-state index in [9.17, 15) is 4.79 Å². The number of isocyanates is 1. The summed E-state index contributed by atoms with van der Waals surface area (Å²) in [4.78, 5) is 13.2. The van der Waals surface area contributed by atoms with Crippen molar-refractivity contribution in [3.05, 3.63) is 0 Å². The van der Waals surface area contributed by atoms with Gasteiger partial charge < -0.3 is 0 Å². The Balaban J connectivity index is 2.09. The highest BCUT2D eigenvalue weighted by Gasteiger charge is 2.13. The summed E-state index contributed by atoms with van der Waals surface area (Å²) in [5.74, 6) is 3.05. The number of hydrogen-bond donors (Lipinski definition) is 0. The molecule has 0 spiro atoms. The van der Waals surface area contributed by atoms with Crippen LogP contribution in [0.4, 0.5) is 0 Å². The van der Waals surface area contributed by atoms with Crippen LogP contribution in [-0.4, -0.2) is 27.4 Å². The average Bonchev–Trinajstić information content (AvgIpc) is 2.07. The largest absolute Gasteiger partial charge is 0.235 e. The lowest BCUT2D eigenvalue weighted by molar-refractivity contribution is 0.564. The minimum absolute atomic E-state index is 0.564. The van der Waals surface area contributed by atoms with E-state index in [1.807, 2.05) is 23.5 Å². The van der Waals surface area contributed by atoms with Crippen LogP contribution in [0, 0.1) is 0 Å². The number of nitrogens with zero attached hydrogens (tertiary/aromatic N) is 1. The van der Waals surface area contributed by atoms with E-state index in [2.05, 4.69) is 4.99 Å². The van der Waals surface area contributed by atoms with Gasteiger partial charge in [-0.15, -0.1) is 35.3 Å². The highest BCUT2D eigenvalue weighted by Crippen LogP contribution is 2.38. The molecule has 0 bridgehead atoms. The van der Waals surface area contributed by atoms with Crippen LogP contribution >= 0.6 is 35.3 Å². The fraction of sp³-hybridized carbons (Fsp3) is 0.833. The summed E-state index contributed by atoms with van der Waals surface area (Å²) in [5.41, 5.74) is 0. The molecular formula is C6H9NOS3. The third-order valence-electron chi connectivity index (χ3n) is 1.14. The molecule has 5 heteroatoms. The van der Waals surface area contributed by atoms with Gasteiger partial charge in [-0.3, -0.25) is 0 Å². The molecule has 0 N–H and O–H groups in total. The summed E-state index contributed by atoms with van der Waals surface area (Å²) in [5, 5.41) is 0. The van der Waals surface area contributed by atoms with E-state index in [4.69, 9.17) is 0 Å². The first-order valence-electron chi connectivity index (χ1n) is 3.32. The SMILES string of the molecule is O=C=NCSC1SCCCS1. The van der Waals surface area contributed by atoms with Crippen LogP contribution in [0.1, 0.15) is 6.42 Å². The van der Waals surface area contributed by atoms with Crippen molar-refractivity contribution in [2.45, 2.75) is 10.3 Å². The van der Waals surface area contributed by atoms with Crippen molar-refractivity contribution < 1.29 is 4.79 Å². The fourth-order valence-corrected chi connectivity index (χ4v) is 4.80. The molecule has 11 heavy (non-hydrogen) atoms. The second kappa shape index (κ2) is 6.00. The molecule has 2 nitrogen and oxygen atoms in total. The van der Waals surface area contributed by atoms with E-state index in [1.54, 1.807) is 17.8 Å². The van der Waals surface area contributed by atoms with Gasteiger partial charge >= 0.3 is 0 Å². The fourth-order valence-electron chi connectivity index (χ4n) is 0.687. The number of hydrogen-bond acceptors (Lipinski definition) is 5. The van der Waals surface area contributed by atoms with E-state index in [0.717, 1.165) is 0 Å². The van der Waals surface area contributed by atoms with Crippen molar-refractivity contribution in [1.82, 2.24) is 0 Å². The molecule has 1 rings (SSSR count). The maximum Gasteiger partial charge on any atom is 0.235 e. The second-order valence-corrected chi connectivity index (χ2v) is 6.31. The summed E-state index contributed by atoms with van der Waals surface area (Å²) < 4.78 is 0.584. The molecule has 1 aliphatic heterocycles. The Morgan fingerprint density at radius 3 is 2.91 bits per heavy atom. The van der Waals surface area contributed by atoms with Crippen molar-refractivity contribution >= 4 is 41.4 Å². The van der Waals surface area contributed by atoms with Crippen molar-refractivity contribution in [2.75, 3.05) is 17.4 Å². The molecule has 0 saturated carbocycles. The predicted molar refractivity (Wildman–Crippen MR) is 53.9 cm³/mol. The molecule has 0 aliphatic carbocycles. The zero-order chi connectivity index (χ0) is 7.94. The Morgan fingerprint density at radius 1 is 1.55 bits per heavy atom. The molecule has 0 aromatic rings. The number of aliphatic imine (C=N–C) groups is 1. The molecule has 0 amide bonds. The highest BCUT2D eigenvalue weighted by atomic mass is 32.3. The number of thioether (sulfide) groups is 3. The van der Waals surface area contributed by atoms with E-state index in [0.29, 0.717) is 9.79 Å². The number of carbonyl (C=O) groups excluding carboxylic acids is 1. The maximum absolute atomic E-state index is 9.73. The Morgan fingerprint density at radius 2 is 2.27 bits per heavy atom. The van der Waals surface area contributed by atoms with Crippen molar-refractivity contribution in [3.8, 4) is 0 Å². The van der Waals surface area contributed by atoms with Gasteiger partial charge in [0.2, 0.25) is 6.08 Å². The van der Waals surface area contributed by atoms with Gasteiger partial charge in [0, 0.05) is 0 Å². The molecular weight excluding hydrogens is 198 g/mol. The lowest BCUT2D eigenvalue weighted by Crippen LogP contribution is -2.02. The summed E-state index contributed by atoms with van der Waals surface area (Å²) in [6.45, 7) is 0. The van der Waals surface area contributed by atoms with Crippen LogP contribution < -0.4 is 0 Å². The number of rotatable bonds is 3. The monoisotopic (exact) mass is 207 g/mol. The lowest BCUT2D eigenvalue weighted by atomic mass is 10.6. The van der Waals surface area contributed by atoms with E-state index >= 15 is 0 Å². The molecule has 1 aliphatic rings. The topological polar surface area (TPSA) is 29.4 Å². The van der Waals surface area contributed by atoms with Crippen LogP contribution in [0.3, 0.4) is 0 Å².